The number of fused-ring (bicyclic) bond motifs is 1. The number of aryl methyl sites for hydroxylation is 1. The van der Waals surface area contributed by atoms with Gasteiger partial charge in [0.1, 0.15) is 0 Å². The smallest absolute Gasteiger partial charge is 0.416 e. The first-order valence-electron chi connectivity index (χ1n) is 13.6. The molecule has 0 unspecified atom stereocenters. The lowest BCUT2D eigenvalue weighted by molar-refractivity contribution is -0.138. The minimum absolute atomic E-state index is 0.0664. The summed E-state index contributed by atoms with van der Waals surface area (Å²) >= 11 is 6.07. The summed E-state index contributed by atoms with van der Waals surface area (Å²) in [4.78, 5) is 37.6. The molecule has 218 valence electrons. The molecule has 0 spiro atoms. The monoisotopic (exact) mass is 596 g/mol. The third kappa shape index (κ3) is 6.82. The molecule has 5 rings (SSSR count). The number of hydrogen-bond acceptors (Lipinski definition) is 5. The molecule has 1 fully saturated rings. The van der Waals surface area contributed by atoms with Gasteiger partial charge in [0.2, 0.25) is 0 Å². The van der Waals surface area contributed by atoms with Crippen LogP contribution in [0.2, 0.25) is 5.02 Å². The fourth-order valence-corrected chi connectivity index (χ4v) is 5.16. The molecule has 0 saturated carbocycles. The molecular weight excluding hydrogens is 569 g/mol. The van der Waals surface area contributed by atoms with Gasteiger partial charge in [0.15, 0.2) is 0 Å². The number of benzene rings is 3. The lowest BCUT2D eigenvalue weighted by Crippen LogP contribution is -2.48. The van der Waals surface area contributed by atoms with Crippen molar-refractivity contribution >= 4 is 40.2 Å². The van der Waals surface area contributed by atoms with E-state index in [1.54, 1.807) is 41.3 Å². The highest BCUT2D eigenvalue weighted by Crippen LogP contribution is 2.32. The molecule has 0 atom stereocenters. The number of carboxylic acids is 1. The zero-order valence-electron chi connectivity index (χ0n) is 22.6. The van der Waals surface area contributed by atoms with E-state index in [0.29, 0.717) is 84.1 Å². The molecule has 3 aromatic carbocycles. The van der Waals surface area contributed by atoms with Gasteiger partial charge in [0.25, 0.3) is 5.91 Å². The molecular formula is C31H28ClF3N4O3. The Balaban J connectivity index is 1.34. The van der Waals surface area contributed by atoms with Crippen molar-refractivity contribution in [3.63, 3.8) is 0 Å². The molecule has 1 aliphatic rings. The van der Waals surface area contributed by atoms with E-state index in [-0.39, 0.29) is 12.3 Å². The summed E-state index contributed by atoms with van der Waals surface area (Å²) < 4.78 is 39.4. The Morgan fingerprint density at radius 2 is 1.62 bits per heavy atom. The molecule has 2 heterocycles. The molecule has 42 heavy (non-hydrogen) atoms. The minimum Gasteiger partial charge on any atom is -0.481 e. The van der Waals surface area contributed by atoms with Crippen molar-refractivity contribution in [2.75, 3.05) is 31.1 Å². The van der Waals surface area contributed by atoms with Crippen LogP contribution in [0.5, 0.6) is 0 Å². The Hall–Kier alpha value is -4.18. The Morgan fingerprint density at radius 3 is 2.31 bits per heavy atom. The molecule has 11 heteroatoms. The largest absolute Gasteiger partial charge is 0.481 e. The quantitative estimate of drug-likeness (QED) is 0.227. The van der Waals surface area contributed by atoms with E-state index < -0.39 is 17.7 Å². The summed E-state index contributed by atoms with van der Waals surface area (Å²) in [7, 11) is 0. The van der Waals surface area contributed by atoms with Crippen LogP contribution >= 0.6 is 11.6 Å². The van der Waals surface area contributed by atoms with Crippen LogP contribution in [-0.4, -0.2) is 58.0 Å². The lowest BCUT2D eigenvalue weighted by atomic mass is 10.0. The van der Waals surface area contributed by atoms with E-state index in [0.717, 1.165) is 17.7 Å². The number of aromatic nitrogens is 2. The second-order valence-corrected chi connectivity index (χ2v) is 10.6. The summed E-state index contributed by atoms with van der Waals surface area (Å²) in [5, 5.41) is 9.59. The summed E-state index contributed by atoms with van der Waals surface area (Å²) in [6, 6.07) is 17.6. The van der Waals surface area contributed by atoms with Gasteiger partial charge in [-0.15, -0.1) is 0 Å². The zero-order chi connectivity index (χ0) is 29.9. The van der Waals surface area contributed by atoms with Crippen molar-refractivity contribution in [1.29, 1.82) is 0 Å². The number of carbonyl (C=O) groups excluding carboxylic acids is 1. The molecule has 1 aliphatic heterocycles. The van der Waals surface area contributed by atoms with Crippen molar-refractivity contribution in [3.05, 3.63) is 88.6 Å². The number of unbranched alkanes of at least 4 members (excludes halogenated alkanes) is 1. The zero-order valence-corrected chi connectivity index (χ0v) is 23.3. The van der Waals surface area contributed by atoms with Gasteiger partial charge in [-0.2, -0.15) is 13.2 Å². The number of aliphatic carboxylic acids is 1. The van der Waals surface area contributed by atoms with Gasteiger partial charge in [-0.1, -0.05) is 29.8 Å². The van der Waals surface area contributed by atoms with E-state index >= 15 is 0 Å². The number of halogens is 4. The first-order chi connectivity index (χ1) is 20.1. The van der Waals surface area contributed by atoms with Crippen molar-refractivity contribution in [1.82, 2.24) is 14.9 Å². The van der Waals surface area contributed by atoms with Crippen LogP contribution in [0.3, 0.4) is 0 Å². The van der Waals surface area contributed by atoms with Crippen LogP contribution < -0.4 is 4.90 Å². The molecule has 1 aromatic heterocycles. The fraction of sp³-hybridized carbons (Fsp3) is 0.290. The number of rotatable bonds is 8. The second kappa shape index (κ2) is 12.4. The predicted octanol–water partition coefficient (Wildman–Crippen LogP) is 6.73. The van der Waals surface area contributed by atoms with Crippen LogP contribution in [-0.2, 0) is 17.4 Å². The number of anilines is 1. The van der Waals surface area contributed by atoms with Gasteiger partial charge >= 0.3 is 12.1 Å². The number of amides is 1. The van der Waals surface area contributed by atoms with Gasteiger partial charge in [0, 0.05) is 54.4 Å². The Kier molecular flexibility index (Phi) is 8.63. The standard InChI is InChI=1S/C31H28ClF3N4O3/c32-23-11-8-20(9-12-23)29-26(6-1-2-7-28(40)41)36-27-18-21(10-13-25(27)37-29)30(42)39-16-14-38(15-17-39)24-5-3-4-22(19-24)31(33,34)35/h3-5,8-13,18-19H,1-2,6-7,14-17H2,(H,40,41). The van der Waals surface area contributed by atoms with E-state index in [1.807, 2.05) is 17.0 Å². The van der Waals surface area contributed by atoms with Crippen LogP contribution in [0.25, 0.3) is 22.3 Å². The first-order valence-corrected chi connectivity index (χ1v) is 14.0. The lowest BCUT2D eigenvalue weighted by Gasteiger charge is -2.36. The highest BCUT2D eigenvalue weighted by atomic mass is 35.5. The van der Waals surface area contributed by atoms with Gasteiger partial charge in [-0.3, -0.25) is 9.59 Å². The molecule has 1 N–H and O–H groups in total. The molecule has 0 radical (unpaired) electrons. The number of carbonyl (C=O) groups is 2. The topological polar surface area (TPSA) is 86.6 Å². The summed E-state index contributed by atoms with van der Waals surface area (Å²) in [5.74, 6) is -1.04. The Labute approximate surface area is 245 Å². The highest BCUT2D eigenvalue weighted by Gasteiger charge is 2.31. The molecule has 1 amide bonds. The number of carboxylic acid groups (broad SMARTS) is 1. The highest BCUT2D eigenvalue weighted by molar-refractivity contribution is 6.30. The van der Waals surface area contributed by atoms with Crippen molar-refractivity contribution < 1.29 is 27.9 Å². The van der Waals surface area contributed by atoms with Crippen LogP contribution in [0.15, 0.2) is 66.7 Å². The van der Waals surface area contributed by atoms with Gasteiger partial charge in [0.05, 0.1) is 28.0 Å². The average molecular weight is 597 g/mol. The molecule has 7 nitrogen and oxygen atoms in total. The predicted molar refractivity (Wildman–Crippen MR) is 155 cm³/mol. The fourth-order valence-electron chi connectivity index (χ4n) is 5.04. The summed E-state index contributed by atoms with van der Waals surface area (Å²) in [5.41, 5.74) is 3.60. The van der Waals surface area contributed by atoms with Crippen LogP contribution in [0, 0.1) is 0 Å². The van der Waals surface area contributed by atoms with E-state index in [9.17, 15) is 22.8 Å². The third-order valence-corrected chi connectivity index (χ3v) is 7.51. The third-order valence-electron chi connectivity index (χ3n) is 7.26. The number of hydrogen-bond donors (Lipinski definition) is 1. The Morgan fingerprint density at radius 1 is 0.881 bits per heavy atom. The second-order valence-electron chi connectivity index (χ2n) is 10.2. The van der Waals surface area contributed by atoms with Crippen LogP contribution in [0.4, 0.5) is 18.9 Å². The maximum Gasteiger partial charge on any atom is 0.416 e. The number of piperazine rings is 1. The van der Waals surface area contributed by atoms with Gasteiger partial charge in [-0.05, 0) is 67.8 Å². The van der Waals surface area contributed by atoms with E-state index in [4.69, 9.17) is 26.7 Å². The molecule has 0 bridgehead atoms. The average Bonchev–Trinajstić information content (AvgIpc) is 2.98. The molecule has 0 aliphatic carbocycles. The van der Waals surface area contributed by atoms with Gasteiger partial charge < -0.3 is 14.9 Å². The summed E-state index contributed by atoms with van der Waals surface area (Å²) in [6.07, 6.45) is -2.72. The number of nitrogens with zero attached hydrogens (tertiary/aromatic N) is 4. The van der Waals surface area contributed by atoms with E-state index in [1.165, 1.54) is 6.07 Å². The maximum atomic E-state index is 13.4. The summed E-state index contributed by atoms with van der Waals surface area (Å²) in [6.45, 7) is 1.54. The normalized spacial score (nSPS) is 13.9. The maximum absolute atomic E-state index is 13.4. The van der Waals surface area contributed by atoms with Crippen LogP contribution in [0.1, 0.15) is 40.9 Å². The minimum atomic E-state index is -4.42. The first kappa shape index (κ1) is 29.3. The molecule has 1 saturated heterocycles. The SMILES string of the molecule is O=C(O)CCCCc1nc2cc(C(=O)N3CCN(c4cccc(C(F)(F)F)c4)CC3)ccc2nc1-c1ccc(Cl)cc1. The molecule has 4 aromatic rings. The van der Waals surface area contributed by atoms with E-state index in [2.05, 4.69) is 0 Å². The van der Waals surface area contributed by atoms with Gasteiger partial charge in [-0.25, -0.2) is 9.97 Å². The number of alkyl halides is 3. The Bertz CT molecular complexity index is 1600. The van der Waals surface area contributed by atoms with Crippen molar-refractivity contribution in [2.45, 2.75) is 31.9 Å². The van der Waals surface area contributed by atoms with Crippen molar-refractivity contribution in [3.8, 4) is 11.3 Å². The van der Waals surface area contributed by atoms with Crippen molar-refractivity contribution in [2.24, 2.45) is 0 Å².